The van der Waals surface area contributed by atoms with Gasteiger partial charge in [-0.3, -0.25) is 4.79 Å². The molecule has 6 nitrogen and oxygen atoms in total. The molecule has 0 aliphatic heterocycles. The lowest BCUT2D eigenvalue weighted by Crippen LogP contribution is -2.17. The Morgan fingerprint density at radius 3 is 2.45 bits per heavy atom. The van der Waals surface area contributed by atoms with E-state index in [1.807, 2.05) is 13.8 Å². The Hall–Kier alpha value is -3.58. The predicted molar refractivity (Wildman–Crippen MR) is 126 cm³/mol. The summed E-state index contributed by atoms with van der Waals surface area (Å²) in [6, 6.07) is 16.2. The molecule has 33 heavy (non-hydrogen) atoms. The van der Waals surface area contributed by atoms with E-state index in [4.69, 9.17) is 25.8 Å². The average Bonchev–Trinajstić information content (AvgIpc) is 2.80. The molecule has 0 aliphatic carbocycles. The molecule has 0 spiro atoms. The average molecular weight is 471 g/mol. The van der Waals surface area contributed by atoms with Crippen LogP contribution in [0.25, 0.3) is 0 Å². The number of halogens is 2. The fraction of sp³-hybridized carbons (Fsp3) is 0.200. The Bertz CT molecular complexity index is 1140. The van der Waals surface area contributed by atoms with E-state index in [0.717, 1.165) is 0 Å². The van der Waals surface area contributed by atoms with Crippen LogP contribution in [0, 0.1) is 5.82 Å². The second-order valence-electron chi connectivity index (χ2n) is 6.84. The molecule has 3 aromatic carbocycles. The number of carbonyl (C=O) groups is 1. The molecule has 0 saturated carbocycles. The Kier molecular flexibility index (Phi) is 8.66. The van der Waals surface area contributed by atoms with Crippen LogP contribution < -0.4 is 19.6 Å². The van der Waals surface area contributed by atoms with Crippen LogP contribution in [-0.4, -0.2) is 25.3 Å². The Morgan fingerprint density at radius 1 is 0.970 bits per heavy atom. The highest BCUT2D eigenvalue weighted by Gasteiger charge is 2.11. The Balaban J connectivity index is 1.60. The third-order valence-electron chi connectivity index (χ3n) is 4.42. The smallest absolute Gasteiger partial charge is 0.271 e. The summed E-state index contributed by atoms with van der Waals surface area (Å²) < 4.78 is 30.0. The van der Waals surface area contributed by atoms with Crippen LogP contribution in [0.5, 0.6) is 17.2 Å². The van der Waals surface area contributed by atoms with Gasteiger partial charge >= 0.3 is 0 Å². The third kappa shape index (κ3) is 6.95. The normalized spacial score (nSPS) is 10.8. The number of hydrazone groups is 1. The van der Waals surface area contributed by atoms with Gasteiger partial charge in [-0.15, -0.1) is 0 Å². The van der Waals surface area contributed by atoms with Crippen molar-refractivity contribution >= 4 is 23.7 Å². The van der Waals surface area contributed by atoms with Crippen LogP contribution in [-0.2, 0) is 6.61 Å². The predicted octanol–water partition coefficient (Wildman–Crippen LogP) is 5.62. The number of hydrogen-bond acceptors (Lipinski definition) is 5. The number of rotatable bonds is 10. The van der Waals surface area contributed by atoms with Gasteiger partial charge in [-0.25, -0.2) is 9.82 Å². The van der Waals surface area contributed by atoms with Crippen molar-refractivity contribution in [2.75, 3.05) is 13.2 Å². The van der Waals surface area contributed by atoms with Crippen molar-refractivity contribution < 1.29 is 23.4 Å². The lowest BCUT2D eigenvalue weighted by atomic mass is 10.2. The van der Waals surface area contributed by atoms with Crippen molar-refractivity contribution in [3.8, 4) is 17.2 Å². The number of hydrogen-bond donors (Lipinski definition) is 1. The van der Waals surface area contributed by atoms with E-state index in [1.54, 1.807) is 48.5 Å². The van der Waals surface area contributed by atoms with Gasteiger partial charge in [-0.2, -0.15) is 5.10 Å². The fourth-order valence-electron chi connectivity index (χ4n) is 2.92. The van der Waals surface area contributed by atoms with Crippen molar-refractivity contribution in [3.63, 3.8) is 0 Å². The molecule has 0 bridgehead atoms. The van der Waals surface area contributed by atoms with Gasteiger partial charge in [0, 0.05) is 5.56 Å². The van der Waals surface area contributed by atoms with Gasteiger partial charge in [0.1, 0.15) is 18.2 Å². The topological polar surface area (TPSA) is 69.2 Å². The summed E-state index contributed by atoms with van der Waals surface area (Å²) in [6.07, 6.45) is 1.47. The molecule has 0 aliphatic rings. The zero-order valence-corrected chi connectivity index (χ0v) is 19.1. The van der Waals surface area contributed by atoms with Crippen molar-refractivity contribution in [2.24, 2.45) is 5.10 Å². The van der Waals surface area contributed by atoms with E-state index in [0.29, 0.717) is 52.2 Å². The zero-order chi connectivity index (χ0) is 23.6. The molecule has 172 valence electrons. The van der Waals surface area contributed by atoms with Gasteiger partial charge in [0.2, 0.25) is 0 Å². The second-order valence-corrected chi connectivity index (χ2v) is 7.24. The zero-order valence-electron chi connectivity index (χ0n) is 18.3. The summed E-state index contributed by atoms with van der Waals surface area (Å²) in [5.74, 6) is 0.817. The number of nitrogens with one attached hydrogen (secondary N) is 1. The van der Waals surface area contributed by atoms with Gasteiger partial charge in [0.25, 0.3) is 5.91 Å². The van der Waals surface area contributed by atoms with Crippen LogP contribution in [0.1, 0.15) is 35.3 Å². The van der Waals surface area contributed by atoms with Crippen LogP contribution >= 0.6 is 11.6 Å². The summed E-state index contributed by atoms with van der Waals surface area (Å²) in [4.78, 5) is 12.4. The molecule has 3 aromatic rings. The minimum absolute atomic E-state index is 0.187. The first-order valence-corrected chi connectivity index (χ1v) is 10.8. The van der Waals surface area contributed by atoms with Gasteiger partial charge < -0.3 is 14.2 Å². The van der Waals surface area contributed by atoms with Crippen LogP contribution in [0.15, 0.2) is 65.8 Å². The van der Waals surface area contributed by atoms with Crippen LogP contribution in [0.4, 0.5) is 4.39 Å². The summed E-state index contributed by atoms with van der Waals surface area (Å²) in [5, 5.41) is 4.36. The maximum absolute atomic E-state index is 13.3. The first-order valence-electron chi connectivity index (χ1n) is 10.4. The molecule has 0 atom stereocenters. The minimum atomic E-state index is -0.392. The minimum Gasteiger partial charge on any atom is -0.490 e. The first-order chi connectivity index (χ1) is 16.0. The largest absolute Gasteiger partial charge is 0.490 e. The highest BCUT2D eigenvalue weighted by atomic mass is 35.5. The lowest BCUT2D eigenvalue weighted by molar-refractivity contribution is 0.0954. The molecule has 0 aromatic heterocycles. The van der Waals surface area contributed by atoms with Crippen molar-refractivity contribution in [1.82, 2.24) is 5.43 Å². The fourth-order valence-corrected chi connectivity index (χ4v) is 3.17. The number of nitrogens with zero attached hydrogens (tertiary/aromatic N) is 1. The van der Waals surface area contributed by atoms with Crippen LogP contribution in [0.2, 0.25) is 5.02 Å². The first kappa shape index (κ1) is 24.1. The van der Waals surface area contributed by atoms with Crippen LogP contribution in [0.3, 0.4) is 0 Å². The van der Waals surface area contributed by atoms with E-state index >= 15 is 0 Å². The third-order valence-corrected chi connectivity index (χ3v) is 4.72. The standard InChI is InChI=1S/C25H24ClFN2O4/c1-3-31-23-11-9-19(14-24(23)32-4-2)25(30)29-28-15-17-8-10-22(21(26)13-17)33-16-18-6-5-7-20(27)12-18/h5-15H,3-4,16H2,1-2H3,(H,29,30)/b28-15+. The lowest BCUT2D eigenvalue weighted by Gasteiger charge is -2.11. The van der Waals surface area contributed by atoms with Crippen molar-refractivity contribution in [2.45, 2.75) is 20.5 Å². The maximum atomic E-state index is 13.3. The number of benzene rings is 3. The Morgan fingerprint density at radius 2 is 1.73 bits per heavy atom. The van der Waals surface area contributed by atoms with Gasteiger partial charge in [-0.05, 0) is 73.5 Å². The van der Waals surface area contributed by atoms with Crippen molar-refractivity contribution in [3.05, 3.63) is 88.2 Å². The molecule has 3 rings (SSSR count). The monoisotopic (exact) mass is 470 g/mol. The van der Waals surface area contributed by atoms with E-state index in [-0.39, 0.29) is 12.4 Å². The molecule has 1 amide bonds. The molecule has 0 radical (unpaired) electrons. The second kappa shape index (κ2) is 11.9. The summed E-state index contributed by atoms with van der Waals surface area (Å²) >= 11 is 6.28. The number of ether oxygens (including phenoxy) is 3. The maximum Gasteiger partial charge on any atom is 0.271 e. The molecule has 0 heterocycles. The highest BCUT2D eigenvalue weighted by Crippen LogP contribution is 2.29. The molecule has 1 N–H and O–H groups in total. The molecule has 0 saturated heterocycles. The van der Waals surface area contributed by atoms with E-state index in [1.165, 1.54) is 18.3 Å². The highest BCUT2D eigenvalue weighted by molar-refractivity contribution is 6.32. The molecular weight excluding hydrogens is 447 g/mol. The quantitative estimate of drug-likeness (QED) is 0.308. The van der Waals surface area contributed by atoms with E-state index in [2.05, 4.69) is 10.5 Å². The van der Waals surface area contributed by atoms with Gasteiger partial charge in [0.15, 0.2) is 11.5 Å². The molecule has 0 unspecified atom stereocenters. The summed E-state index contributed by atoms with van der Waals surface area (Å²) in [5.41, 5.74) is 4.23. The summed E-state index contributed by atoms with van der Waals surface area (Å²) in [7, 11) is 0. The molecular formula is C25H24ClFN2O4. The number of amides is 1. The SMILES string of the molecule is CCOc1ccc(C(=O)N/N=C/c2ccc(OCc3cccc(F)c3)c(Cl)c2)cc1OCC. The van der Waals surface area contributed by atoms with Gasteiger partial charge in [0.05, 0.1) is 24.5 Å². The molecule has 0 fully saturated rings. The van der Waals surface area contributed by atoms with E-state index < -0.39 is 5.91 Å². The Labute approximate surface area is 196 Å². The van der Waals surface area contributed by atoms with Gasteiger partial charge in [-0.1, -0.05) is 23.7 Å². The summed E-state index contributed by atoms with van der Waals surface area (Å²) in [6.45, 7) is 4.86. The number of carbonyl (C=O) groups excluding carboxylic acids is 1. The van der Waals surface area contributed by atoms with Crippen molar-refractivity contribution in [1.29, 1.82) is 0 Å². The van der Waals surface area contributed by atoms with E-state index in [9.17, 15) is 9.18 Å². The molecule has 8 heteroatoms.